The maximum absolute atomic E-state index is 13.5. The van der Waals surface area contributed by atoms with Crippen LogP contribution in [0.3, 0.4) is 0 Å². The molecule has 0 aromatic heterocycles. The zero-order valence-corrected chi connectivity index (χ0v) is 12.8. The molecule has 112 valence electrons. The van der Waals surface area contributed by atoms with E-state index >= 15 is 0 Å². The molecule has 2 nitrogen and oxygen atoms in total. The van der Waals surface area contributed by atoms with Gasteiger partial charge in [0.2, 0.25) is 0 Å². The third-order valence-corrected chi connectivity index (χ3v) is 4.28. The van der Waals surface area contributed by atoms with Gasteiger partial charge in [-0.1, -0.05) is 0 Å². The second-order valence-electron chi connectivity index (χ2n) is 7.16. The molecule has 20 heavy (non-hydrogen) atoms. The van der Waals surface area contributed by atoms with Gasteiger partial charge in [-0.15, -0.1) is 0 Å². The van der Waals surface area contributed by atoms with Crippen LogP contribution in [0, 0.1) is 17.6 Å². The van der Waals surface area contributed by atoms with Crippen LogP contribution < -0.4 is 5.73 Å². The highest BCUT2D eigenvalue weighted by Gasteiger charge is 2.53. The van der Waals surface area contributed by atoms with Gasteiger partial charge < -0.3 is 10.5 Å². The predicted octanol–water partition coefficient (Wildman–Crippen LogP) is 3.73. The molecule has 0 radical (unpaired) electrons. The molecule has 0 saturated carbocycles. The maximum atomic E-state index is 13.5. The number of hydrogen-bond acceptors (Lipinski definition) is 2. The molecule has 1 fully saturated rings. The summed E-state index contributed by atoms with van der Waals surface area (Å²) in [5, 5.41) is 0. The van der Waals surface area contributed by atoms with Crippen molar-refractivity contribution in [3.8, 4) is 0 Å². The van der Waals surface area contributed by atoms with Gasteiger partial charge in [0.1, 0.15) is 11.6 Å². The molecule has 2 N–H and O–H groups in total. The van der Waals surface area contributed by atoms with Crippen LogP contribution in [0.5, 0.6) is 0 Å². The molecule has 2 atom stereocenters. The largest absolute Gasteiger partial charge is 0.369 e. The molecule has 0 bridgehead atoms. The highest BCUT2D eigenvalue weighted by molar-refractivity contribution is 5.28. The van der Waals surface area contributed by atoms with E-state index in [1.165, 1.54) is 12.1 Å². The van der Waals surface area contributed by atoms with E-state index in [0.29, 0.717) is 5.56 Å². The molecule has 1 saturated heterocycles. The molecular formula is C16H23F2NO. The van der Waals surface area contributed by atoms with Crippen LogP contribution in [0.4, 0.5) is 8.78 Å². The Morgan fingerprint density at radius 1 is 1.15 bits per heavy atom. The number of ether oxygens (including phenoxy) is 1. The van der Waals surface area contributed by atoms with E-state index in [2.05, 4.69) is 0 Å². The Bertz CT molecular complexity index is 503. The second-order valence-corrected chi connectivity index (χ2v) is 7.16. The zero-order valence-electron chi connectivity index (χ0n) is 12.8. The second kappa shape index (κ2) is 4.50. The van der Waals surface area contributed by atoms with Gasteiger partial charge in [-0.05, 0) is 58.7 Å². The van der Waals surface area contributed by atoms with Crippen molar-refractivity contribution in [2.24, 2.45) is 11.7 Å². The molecule has 2 unspecified atom stereocenters. The maximum Gasteiger partial charge on any atom is 0.126 e. The third-order valence-electron chi connectivity index (χ3n) is 4.28. The lowest BCUT2D eigenvalue weighted by Crippen LogP contribution is -2.48. The molecule has 1 aromatic carbocycles. The number of nitrogens with two attached hydrogens (primary N) is 1. The van der Waals surface area contributed by atoms with Crippen LogP contribution in [0.25, 0.3) is 0 Å². The van der Waals surface area contributed by atoms with Crippen LogP contribution in [-0.4, -0.2) is 11.2 Å². The van der Waals surface area contributed by atoms with Gasteiger partial charge >= 0.3 is 0 Å². The first-order valence-corrected chi connectivity index (χ1v) is 6.90. The summed E-state index contributed by atoms with van der Waals surface area (Å²) in [5.41, 5.74) is 5.33. The summed E-state index contributed by atoms with van der Waals surface area (Å²) in [4.78, 5) is 0. The molecule has 1 heterocycles. The Morgan fingerprint density at radius 3 is 2.05 bits per heavy atom. The standard InChI is InChI=1S/C16H23F2NO/c1-14(2)9-13(15(3,4)20-14)16(5,19)10-6-11(17)8-12(18)7-10/h6-8,13H,9,19H2,1-5H3. The first kappa shape index (κ1) is 15.4. The predicted molar refractivity (Wildman–Crippen MR) is 75.2 cm³/mol. The minimum absolute atomic E-state index is 0.0359. The van der Waals surface area contributed by atoms with Crippen LogP contribution in [0.15, 0.2) is 18.2 Å². The molecular weight excluding hydrogens is 260 g/mol. The normalized spacial score (nSPS) is 27.3. The lowest BCUT2D eigenvalue weighted by Gasteiger charge is -2.39. The van der Waals surface area contributed by atoms with Crippen LogP contribution in [-0.2, 0) is 10.3 Å². The molecule has 4 heteroatoms. The number of rotatable bonds is 2. The summed E-state index contributed by atoms with van der Waals surface area (Å²) in [6.45, 7) is 9.80. The van der Waals surface area contributed by atoms with Gasteiger partial charge in [-0.3, -0.25) is 0 Å². The molecule has 0 spiro atoms. The fourth-order valence-electron chi connectivity index (χ4n) is 3.56. The van der Waals surface area contributed by atoms with Gasteiger partial charge in [0.25, 0.3) is 0 Å². The van der Waals surface area contributed by atoms with Crippen LogP contribution in [0.2, 0.25) is 0 Å². The zero-order chi connectivity index (χ0) is 15.3. The molecule has 0 aliphatic carbocycles. The molecule has 1 aliphatic heterocycles. The van der Waals surface area contributed by atoms with Crippen molar-refractivity contribution in [3.05, 3.63) is 35.4 Å². The van der Waals surface area contributed by atoms with E-state index in [4.69, 9.17) is 10.5 Å². The van der Waals surface area contributed by atoms with Crippen molar-refractivity contribution < 1.29 is 13.5 Å². The molecule has 1 aliphatic rings. The van der Waals surface area contributed by atoms with E-state index in [1.807, 2.05) is 34.6 Å². The third kappa shape index (κ3) is 2.72. The minimum atomic E-state index is -0.861. The highest BCUT2D eigenvalue weighted by atomic mass is 19.1. The fourth-order valence-corrected chi connectivity index (χ4v) is 3.56. The highest BCUT2D eigenvalue weighted by Crippen LogP contribution is 2.49. The quantitative estimate of drug-likeness (QED) is 0.897. The molecule has 1 aromatic rings. The summed E-state index contributed by atoms with van der Waals surface area (Å²) in [5.74, 6) is -1.24. The average Bonchev–Trinajstić information content (AvgIpc) is 2.45. The van der Waals surface area contributed by atoms with Crippen molar-refractivity contribution in [3.63, 3.8) is 0 Å². The van der Waals surface area contributed by atoms with Crippen molar-refractivity contribution in [2.45, 2.75) is 57.8 Å². The van der Waals surface area contributed by atoms with Gasteiger partial charge in [-0.25, -0.2) is 8.78 Å². The van der Waals surface area contributed by atoms with Crippen molar-refractivity contribution >= 4 is 0 Å². The smallest absolute Gasteiger partial charge is 0.126 e. The van der Waals surface area contributed by atoms with E-state index in [-0.39, 0.29) is 11.5 Å². The lowest BCUT2D eigenvalue weighted by atomic mass is 9.70. The average molecular weight is 283 g/mol. The summed E-state index contributed by atoms with van der Waals surface area (Å²) >= 11 is 0. The summed E-state index contributed by atoms with van der Waals surface area (Å²) in [7, 11) is 0. The summed E-state index contributed by atoms with van der Waals surface area (Å²) in [6.07, 6.45) is 0.741. The monoisotopic (exact) mass is 283 g/mol. The SMILES string of the molecule is CC1(C)CC(C(C)(N)c2cc(F)cc(F)c2)C(C)(C)O1. The summed E-state index contributed by atoms with van der Waals surface area (Å²) < 4.78 is 33.0. The van der Waals surface area contributed by atoms with Gasteiger partial charge in [0.15, 0.2) is 0 Å². The number of hydrogen-bond donors (Lipinski definition) is 1. The Hall–Kier alpha value is -1.00. The Labute approximate surface area is 119 Å². The van der Waals surface area contributed by atoms with Crippen LogP contribution >= 0.6 is 0 Å². The first-order valence-electron chi connectivity index (χ1n) is 6.90. The van der Waals surface area contributed by atoms with Crippen LogP contribution in [0.1, 0.15) is 46.6 Å². The van der Waals surface area contributed by atoms with E-state index in [9.17, 15) is 8.78 Å². The van der Waals surface area contributed by atoms with E-state index in [0.717, 1.165) is 12.5 Å². The number of benzene rings is 1. The Balaban J connectivity index is 2.44. The summed E-state index contributed by atoms with van der Waals surface area (Å²) in [6, 6.07) is 3.48. The van der Waals surface area contributed by atoms with Crippen molar-refractivity contribution in [1.29, 1.82) is 0 Å². The topological polar surface area (TPSA) is 35.2 Å². The van der Waals surface area contributed by atoms with Crippen molar-refractivity contribution in [2.75, 3.05) is 0 Å². The Morgan fingerprint density at radius 2 is 1.65 bits per heavy atom. The minimum Gasteiger partial charge on any atom is -0.369 e. The first-order chi connectivity index (χ1) is 8.94. The molecule has 0 amide bonds. The fraction of sp³-hybridized carbons (Fsp3) is 0.625. The Kier molecular flexibility index (Phi) is 3.46. The van der Waals surface area contributed by atoms with E-state index < -0.39 is 22.8 Å². The number of halogens is 2. The van der Waals surface area contributed by atoms with Gasteiger partial charge in [-0.2, -0.15) is 0 Å². The van der Waals surface area contributed by atoms with Gasteiger partial charge in [0, 0.05) is 17.5 Å². The molecule has 2 rings (SSSR count). The van der Waals surface area contributed by atoms with E-state index in [1.54, 1.807) is 0 Å². The lowest BCUT2D eigenvalue weighted by molar-refractivity contribution is -0.0814. The van der Waals surface area contributed by atoms with Crippen molar-refractivity contribution in [1.82, 2.24) is 0 Å². The van der Waals surface area contributed by atoms with Gasteiger partial charge in [0.05, 0.1) is 11.2 Å².